The van der Waals surface area contributed by atoms with Crippen LogP contribution in [0.25, 0.3) is 0 Å². The third-order valence-corrected chi connectivity index (χ3v) is 17.4. The van der Waals surface area contributed by atoms with E-state index in [0.29, 0.717) is 69.0 Å². The Labute approximate surface area is 530 Å². The van der Waals surface area contributed by atoms with Gasteiger partial charge in [0, 0.05) is 75.8 Å². The minimum atomic E-state index is -1.56. The molecule has 21 nitrogen and oxygen atoms in total. The summed E-state index contributed by atoms with van der Waals surface area (Å²) < 4.78 is 61.4. The molecule has 4 aromatic carbocycles. The lowest BCUT2D eigenvalue weighted by atomic mass is 9.83. The van der Waals surface area contributed by atoms with Gasteiger partial charge in [0.2, 0.25) is 29.5 Å². The number of carbonyl (C=O) groups excluding carboxylic acids is 8. The number of likely N-dealkylation sites (N-methyl/N-ethyl adjacent to an activating group) is 1. The number of hydrogen-bond acceptors (Lipinski definition) is 13. The second kappa shape index (κ2) is 28.2. The van der Waals surface area contributed by atoms with Crippen LogP contribution < -0.4 is 26.2 Å². The molecule has 2 fully saturated rings. The third kappa shape index (κ3) is 16.3. The lowest BCUT2D eigenvalue weighted by molar-refractivity contribution is -0.143. The van der Waals surface area contributed by atoms with Gasteiger partial charge in [0.25, 0.3) is 5.91 Å². The first-order chi connectivity index (χ1) is 42.7. The summed E-state index contributed by atoms with van der Waals surface area (Å²) >= 11 is 0. The lowest BCUT2D eigenvalue weighted by Gasteiger charge is -2.47. The van der Waals surface area contributed by atoms with Gasteiger partial charge in [-0.3, -0.25) is 43.5 Å². The van der Waals surface area contributed by atoms with Crippen molar-refractivity contribution in [2.24, 2.45) is 5.92 Å². The van der Waals surface area contributed by atoms with Gasteiger partial charge in [-0.05, 0) is 152 Å². The van der Waals surface area contributed by atoms with Crippen LogP contribution in [0.4, 0.5) is 39.8 Å². The SMILES string of the molecule is CC[C@H](C)[C@H](NC(=O)C(C)N(C)C(=O)OC(C)(C)C)C(=O)N1Cc2ccc(NC(=O)CNC(=O)C3(C)CN(C(=O)CN4C[C@@H](C)N(C(=O)OC(C)(C)C)C[C@@H]4CN4CCOCC4C)c4cc(Cc5ccc(F)cc5)ccc43)cc2C1C(=O)Nc1c(F)cccc1F. The van der Waals surface area contributed by atoms with Crippen LogP contribution >= 0.6 is 0 Å². The van der Waals surface area contributed by atoms with E-state index in [1.807, 2.05) is 39.8 Å². The molecule has 2 saturated heterocycles. The first-order valence-corrected chi connectivity index (χ1v) is 31.0. The largest absolute Gasteiger partial charge is 0.444 e. The Morgan fingerprint density at radius 1 is 0.802 bits per heavy atom. The van der Waals surface area contributed by atoms with Crippen molar-refractivity contribution in [3.63, 3.8) is 0 Å². The van der Waals surface area contributed by atoms with E-state index in [9.17, 15) is 38.0 Å². The maximum Gasteiger partial charge on any atom is 0.410 e. The number of morpholine rings is 1. The molecule has 8 atom stereocenters. The Bertz CT molecular complexity index is 3380. The molecule has 4 N–H and O–H groups in total. The molecule has 0 aromatic heterocycles. The predicted octanol–water partition coefficient (Wildman–Crippen LogP) is 7.89. The standard InChI is InChI=1S/C67H87F3N10O11/c1-14-39(2)56(73-59(83)42(5)75(13)63(87)90-65(6,7)8)61(85)79-33-45-21-24-47(30-49(45)58(79)60(84)74-57-51(69)16-15-17-52(57)70)72-54(81)31-71-62(86)67(12)38-80(53-29-44(20-25-50(53)67)28-43-18-22-46(68)23-19-43)55(82)36-77-32-40(3)78(64(88)91-66(9,10)11)35-48(77)34-76-26-27-89-37-41(76)4/h15-25,29-30,39-42,48,56,58H,14,26-28,31-38H2,1-13H3,(H,71,86)(H,72,81)(H,73,83)(H,74,84)/t39-,40+,41?,42?,48-,56-,58?,67?/m0/s1. The number of nitrogens with one attached hydrogen (secondary N) is 4. The van der Waals surface area contributed by atoms with Gasteiger partial charge in [0.05, 0.1) is 31.7 Å². The Hall–Kier alpha value is -8.09. The summed E-state index contributed by atoms with van der Waals surface area (Å²) in [6, 6.07) is 14.8. The molecule has 4 aliphatic heterocycles. The molecule has 0 spiro atoms. The number of hydrogen-bond donors (Lipinski definition) is 4. The zero-order valence-electron chi connectivity index (χ0n) is 54.3. The second-order valence-corrected chi connectivity index (χ2v) is 26.7. The molecule has 0 saturated carbocycles. The zero-order chi connectivity index (χ0) is 66.6. The van der Waals surface area contributed by atoms with Crippen LogP contribution in [0.2, 0.25) is 0 Å². The first kappa shape index (κ1) is 68.8. The normalized spacial score (nSPS) is 21.2. The summed E-state index contributed by atoms with van der Waals surface area (Å²) in [5, 5.41) is 10.6. The number of fused-ring (bicyclic) bond motifs is 2. The molecule has 91 heavy (non-hydrogen) atoms. The van der Waals surface area contributed by atoms with Crippen molar-refractivity contribution in [1.29, 1.82) is 0 Å². The molecule has 8 amide bonds. The summed E-state index contributed by atoms with van der Waals surface area (Å²) in [7, 11) is 1.38. The van der Waals surface area contributed by atoms with E-state index < -0.39 is 106 Å². The average molecular weight is 1270 g/mol. The Morgan fingerprint density at radius 2 is 1.47 bits per heavy atom. The molecule has 4 heterocycles. The van der Waals surface area contributed by atoms with Crippen LogP contribution in [-0.2, 0) is 61.4 Å². The highest BCUT2D eigenvalue weighted by molar-refractivity contribution is 6.05. The quantitative estimate of drug-likeness (QED) is 0.0743. The van der Waals surface area contributed by atoms with Crippen LogP contribution in [0.15, 0.2) is 78.9 Å². The van der Waals surface area contributed by atoms with Crippen molar-refractivity contribution in [3.8, 4) is 0 Å². The highest BCUT2D eigenvalue weighted by Gasteiger charge is 2.49. The monoisotopic (exact) mass is 1260 g/mol. The maximum atomic E-state index is 15.2. The summed E-state index contributed by atoms with van der Waals surface area (Å²) in [6.07, 6.45) is -0.447. The van der Waals surface area contributed by atoms with Crippen LogP contribution in [0.3, 0.4) is 0 Å². The summed E-state index contributed by atoms with van der Waals surface area (Å²) in [4.78, 5) is 124. The van der Waals surface area contributed by atoms with Gasteiger partial charge in [-0.25, -0.2) is 22.8 Å². The number of anilines is 3. The van der Waals surface area contributed by atoms with E-state index >= 15 is 13.6 Å². The van der Waals surface area contributed by atoms with Gasteiger partial charge in [0.15, 0.2) is 0 Å². The van der Waals surface area contributed by atoms with E-state index in [2.05, 4.69) is 38.0 Å². The van der Waals surface area contributed by atoms with Gasteiger partial charge in [-0.15, -0.1) is 0 Å². The average Bonchev–Trinajstić information content (AvgIpc) is 1.62. The Morgan fingerprint density at radius 3 is 2.12 bits per heavy atom. The van der Waals surface area contributed by atoms with E-state index in [1.54, 1.807) is 75.6 Å². The molecule has 492 valence electrons. The van der Waals surface area contributed by atoms with E-state index in [-0.39, 0.29) is 60.7 Å². The number of carbonyl (C=O) groups is 8. The predicted molar refractivity (Wildman–Crippen MR) is 336 cm³/mol. The van der Waals surface area contributed by atoms with Gasteiger partial charge in [0.1, 0.15) is 52.5 Å². The minimum Gasteiger partial charge on any atom is -0.444 e. The Kier molecular flexibility index (Phi) is 21.3. The summed E-state index contributed by atoms with van der Waals surface area (Å²) in [5.41, 5.74) is -0.351. The number of ether oxygens (including phenoxy) is 3. The van der Waals surface area contributed by atoms with Gasteiger partial charge >= 0.3 is 12.2 Å². The molecule has 0 aliphatic carbocycles. The van der Waals surface area contributed by atoms with E-state index in [1.165, 1.54) is 43.1 Å². The van der Waals surface area contributed by atoms with Crippen molar-refractivity contribution in [3.05, 3.63) is 124 Å². The molecular formula is C67H87F3N10O11. The number of para-hydroxylation sites is 1. The third-order valence-electron chi connectivity index (χ3n) is 17.4. The number of nitrogens with zero attached hydrogens (tertiary/aromatic N) is 6. The van der Waals surface area contributed by atoms with Gasteiger partial charge < -0.3 is 50.2 Å². The fourth-order valence-corrected chi connectivity index (χ4v) is 11.9. The van der Waals surface area contributed by atoms with E-state index in [0.717, 1.165) is 34.2 Å². The molecular weight excluding hydrogens is 1180 g/mol. The fourth-order valence-electron chi connectivity index (χ4n) is 11.9. The van der Waals surface area contributed by atoms with Crippen molar-refractivity contribution in [1.82, 2.24) is 35.1 Å². The van der Waals surface area contributed by atoms with Crippen LogP contribution in [0.1, 0.15) is 123 Å². The van der Waals surface area contributed by atoms with Crippen molar-refractivity contribution >= 4 is 64.7 Å². The molecule has 8 rings (SSSR count). The number of benzene rings is 4. The highest BCUT2D eigenvalue weighted by Crippen LogP contribution is 2.43. The number of halogens is 3. The number of amides is 8. The molecule has 4 aromatic rings. The number of rotatable bonds is 18. The molecule has 4 unspecified atom stereocenters. The van der Waals surface area contributed by atoms with Gasteiger partial charge in [-0.2, -0.15) is 0 Å². The summed E-state index contributed by atoms with van der Waals surface area (Å²) in [6.45, 7) is 23.2. The van der Waals surface area contributed by atoms with E-state index in [4.69, 9.17) is 14.2 Å². The van der Waals surface area contributed by atoms with Crippen molar-refractivity contribution < 1.29 is 65.7 Å². The van der Waals surface area contributed by atoms with Crippen molar-refractivity contribution in [2.45, 2.75) is 155 Å². The van der Waals surface area contributed by atoms with Gasteiger partial charge in [-0.1, -0.05) is 56.7 Å². The summed E-state index contributed by atoms with van der Waals surface area (Å²) in [5.74, 6) is -7.04. The lowest BCUT2D eigenvalue weighted by Crippen LogP contribution is -2.64. The fraction of sp³-hybridized carbons (Fsp3) is 0.522. The Balaban J connectivity index is 1.02. The first-order valence-electron chi connectivity index (χ1n) is 31.0. The minimum absolute atomic E-state index is 0.0592. The van der Waals surface area contributed by atoms with Crippen LogP contribution in [-0.4, -0.2) is 180 Å². The second-order valence-electron chi connectivity index (χ2n) is 26.7. The molecule has 4 aliphatic rings. The maximum absolute atomic E-state index is 15.2. The highest BCUT2D eigenvalue weighted by atomic mass is 19.1. The molecule has 24 heteroatoms. The number of piperazine rings is 1. The van der Waals surface area contributed by atoms with Crippen LogP contribution in [0, 0.1) is 23.4 Å². The van der Waals surface area contributed by atoms with Crippen molar-refractivity contribution in [2.75, 3.05) is 81.6 Å². The zero-order valence-corrected chi connectivity index (χ0v) is 54.3. The smallest absolute Gasteiger partial charge is 0.410 e. The molecule has 0 radical (unpaired) electrons. The molecule has 0 bridgehead atoms. The topological polar surface area (TPSA) is 232 Å². The van der Waals surface area contributed by atoms with Crippen LogP contribution in [0.5, 0.6) is 0 Å².